The van der Waals surface area contributed by atoms with Crippen molar-refractivity contribution in [2.45, 2.75) is 25.7 Å². The van der Waals surface area contributed by atoms with Crippen molar-refractivity contribution in [2.75, 3.05) is 19.6 Å². The van der Waals surface area contributed by atoms with Crippen molar-refractivity contribution in [3.05, 3.63) is 77.5 Å². The molecule has 3 aromatic rings. The fourth-order valence-corrected chi connectivity index (χ4v) is 3.93. The van der Waals surface area contributed by atoms with Crippen LogP contribution in [-0.4, -0.2) is 29.5 Å². The Kier molecular flexibility index (Phi) is 5.37. The summed E-state index contributed by atoms with van der Waals surface area (Å²) >= 11 is 0. The van der Waals surface area contributed by atoms with Crippen LogP contribution in [-0.2, 0) is 6.42 Å². The van der Waals surface area contributed by atoms with Crippen molar-refractivity contribution in [2.24, 2.45) is 0 Å². The van der Waals surface area contributed by atoms with Gasteiger partial charge in [-0.2, -0.15) is 5.26 Å². The van der Waals surface area contributed by atoms with Gasteiger partial charge in [0.1, 0.15) is 0 Å². The van der Waals surface area contributed by atoms with Crippen molar-refractivity contribution in [1.29, 1.82) is 5.26 Å². The second-order valence-electron chi connectivity index (χ2n) is 7.29. The minimum Gasteiger partial charge on any atom is -0.361 e. The summed E-state index contributed by atoms with van der Waals surface area (Å²) in [4.78, 5) is 5.87. The molecule has 0 atom stereocenters. The molecule has 0 bridgehead atoms. The monoisotopic (exact) mass is 355 g/mol. The third-order valence-electron chi connectivity index (χ3n) is 5.50. The van der Waals surface area contributed by atoms with E-state index in [0.717, 1.165) is 43.6 Å². The van der Waals surface area contributed by atoms with Crippen LogP contribution in [0.4, 0.5) is 0 Å². The molecule has 4 rings (SSSR count). The molecule has 0 fully saturated rings. The lowest BCUT2D eigenvalue weighted by atomic mass is 9.99. The van der Waals surface area contributed by atoms with Crippen LogP contribution < -0.4 is 0 Å². The fraction of sp³-hybridized carbons (Fsp3) is 0.292. The molecule has 0 radical (unpaired) electrons. The van der Waals surface area contributed by atoms with Gasteiger partial charge < -0.3 is 4.98 Å². The number of hydrogen-bond donors (Lipinski definition) is 1. The third kappa shape index (κ3) is 4.13. The lowest BCUT2D eigenvalue weighted by Gasteiger charge is -2.26. The van der Waals surface area contributed by atoms with Gasteiger partial charge in [-0.05, 0) is 67.1 Å². The predicted molar refractivity (Wildman–Crippen MR) is 111 cm³/mol. The molecular weight excluding hydrogens is 330 g/mol. The van der Waals surface area contributed by atoms with Gasteiger partial charge in [-0.1, -0.05) is 36.4 Å². The molecule has 0 amide bonds. The number of nitrogens with zero attached hydrogens (tertiary/aromatic N) is 2. The molecule has 0 spiro atoms. The first-order valence-corrected chi connectivity index (χ1v) is 9.80. The van der Waals surface area contributed by atoms with Gasteiger partial charge in [0, 0.05) is 30.2 Å². The van der Waals surface area contributed by atoms with Crippen LogP contribution in [0.1, 0.15) is 36.0 Å². The molecule has 1 aliphatic heterocycles. The molecule has 136 valence electrons. The molecule has 0 unspecified atom stereocenters. The number of aromatic nitrogens is 1. The summed E-state index contributed by atoms with van der Waals surface area (Å²) in [6, 6.07) is 18.8. The van der Waals surface area contributed by atoms with Crippen molar-refractivity contribution in [3.8, 4) is 6.07 Å². The lowest BCUT2D eigenvalue weighted by Crippen LogP contribution is -2.29. The minimum atomic E-state index is 0.734. The normalized spacial score (nSPS) is 14.9. The molecule has 1 N–H and O–H groups in total. The number of rotatable bonds is 6. The van der Waals surface area contributed by atoms with Gasteiger partial charge >= 0.3 is 0 Å². The Bertz CT molecular complexity index is 976. The number of aryl methyl sites for hydroxylation is 1. The molecule has 3 nitrogen and oxygen atoms in total. The molecule has 3 heteroatoms. The predicted octanol–water partition coefficient (Wildman–Crippen LogP) is 5.15. The maximum Gasteiger partial charge on any atom is 0.0991 e. The van der Waals surface area contributed by atoms with Gasteiger partial charge in [0.25, 0.3) is 0 Å². The number of aromatic amines is 1. The van der Waals surface area contributed by atoms with E-state index < -0.39 is 0 Å². The molecule has 2 heterocycles. The zero-order chi connectivity index (χ0) is 18.5. The highest BCUT2D eigenvalue weighted by atomic mass is 15.1. The summed E-state index contributed by atoms with van der Waals surface area (Å²) in [5.41, 5.74) is 6.04. The number of fused-ring (bicyclic) bond motifs is 1. The van der Waals surface area contributed by atoms with Crippen LogP contribution in [0.5, 0.6) is 0 Å². The summed E-state index contributed by atoms with van der Waals surface area (Å²) in [7, 11) is 0. The summed E-state index contributed by atoms with van der Waals surface area (Å²) in [6.07, 6.45) is 9.08. The van der Waals surface area contributed by atoms with Gasteiger partial charge in [0.05, 0.1) is 11.6 Å². The zero-order valence-corrected chi connectivity index (χ0v) is 15.6. The van der Waals surface area contributed by atoms with Crippen molar-refractivity contribution >= 4 is 16.5 Å². The highest BCUT2D eigenvalue weighted by Gasteiger charge is 2.12. The molecular formula is C24H25N3. The summed E-state index contributed by atoms with van der Waals surface area (Å²) in [5.74, 6) is 0. The quantitative estimate of drug-likeness (QED) is 0.621. The fourth-order valence-electron chi connectivity index (χ4n) is 3.93. The van der Waals surface area contributed by atoms with Crippen LogP contribution in [0, 0.1) is 11.3 Å². The zero-order valence-electron chi connectivity index (χ0n) is 15.6. The number of nitriles is 1. The smallest absolute Gasteiger partial charge is 0.0991 e. The van der Waals surface area contributed by atoms with E-state index in [-0.39, 0.29) is 0 Å². The van der Waals surface area contributed by atoms with Crippen LogP contribution >= 0.6 is 0 Å². The van der Waals surface area contributed by atoms with Gasteiger partial charge in [0.2, 0.25) is 0 Å². The first-order chi connectivity index (χ1) is 13.3. The lowest BCUT2D eigenvalue weighted by molar-refractivity contribution is 0.295. The minimum absolute atomic E-state index is 0.734. The Hall–Kier alpha value is -2.83. The first-order valence-electron chi connectivity index (χ1n) is 9.80. The maximum absolute atomic E-state index is 9.10. The van der Waals surface area contributed by atoms with Crippen LogP contribution in [0.15, 0.2) is 60.8 Å². The molecule has 0 saturated carbocycles. The molecule has 2 aromatic carbocycles. The van der Waals surface area contributed by atoms with E-state index in [2.05, 4.69) is 58.6 Å². The van der Waals surface area contributed by atoms with Crippen molar-refractivity contribution < 1.29 is 0 Å². The first kappa shape index (κ1) is 17.6. The Balaban J connectivity index is 1.27. The van der Waals surface area contributed by atoms with E-state index in [1.54, 1.807) is 0 Å². The van der Waals surface area contributed by atoms with Gasteiger partial charge in [-0.25, -0.2) is 0 Å². The number of H-pyrrole nitrogens is 1. The number of benzene rings is 2. The van der Waals surface area contributed by atoms with E-state index in [4.69, 9.17) is 5.26 Å². The molecule has 1 aliphatic rings. The number of unbranched alkanes of at least 4 members (excludes halogenated alkanes) is 1. The average Bonchev–Trinajstić information content (AvgIpc) is 3.14. The Morgan fingerprint density at radius 1 is 1.07 bits per heavy atom. The highest BCUT2D eigenvalue weighted by Crippen LogP contribution is 2.23. The standard InChI is InChI=1S/C24H25N3/c25-17-19-9-10-24-23(16-19)22(18-26-24)8-4-5-13-27-14-11-21(12-15-27)20-6-2-1-3-7-20/h1-3,6-7,9-11,16,18,26H,4-5,8,12-15H2. The highest BCUT2D eigenvalue weighted by molar-refractivity contribution is 5.84. The van der Waals surface area contributed by atoms with Gasteiger partial charge in [-0.3, -0.25) is 4.90 Å². The Morgan fingerprint density at radius 3 is 2.74 bits per heavy atom. The molecule has 0 saturated heterocycles. The Morgan fingerprint density at radius 2 is 1.96 bits per heavy atom. The summed E-state index contributed by atoms with van der Waals surface area (Å²) in [5, 5.41) is 10.3. The summed E-state index contributed by atoms with van der Waals surface area (Å²) in [6.45, 7) is 3.37. The van der Waals surface area contributed by atoms with Crippen LogP contribution in [0.25, 0.3) is 16.5 Å². The van der Waals surface area contributed by atoms with Crippen molar-refractivity contribution in [1.82, 2.24) is 9.88 Å². The molecule has 27 heavy (non-hydrogen) atoms. The topological polar surface area (TPSA) is 42.8 Å². The number of nitrogens with one attached hydrogen (secondary N) is 1. The Labute approximate surface area is 160 Å². The second-order valence-corrected chi connectivity index (χ2v) is 7.29. The summed E-state index contributed by atoms with van der Waals surface area (Å²) < 4.78 is 0. The molecule has 1 aromatic heterocycles. The molecule has 0 aliphatic carbocycles. The van der Waals surface area contributed by atoms with Crippen LogP contribution in [0.3, 0.4) is 0 Å². The second kappa shape index (κ2) is 8.24. The van der Waals surface area contributed by atoms with E-state index in [1.165, 1.54) is 34.9 Å². The van der Waals surface area contributed by atoms with E-state index in [1.807, 2.05) is 18.2 Å². The van der Waals surface area contributed by atoms with Gasteiger partial charge in [-0.15, -0.1) is 0 Å². The van der Waals surface area contributed by atoms with E-state index in [9.17, 15) is 0 Å². The van der Waals surface area contributed by atoms with Crippen molar-refractivity contribution in [3.63, 3.8) is 0 Å². The third-order valence-corrected chi connectivity index (χ3v) is 5.50. The SMILES string of the molecule is N#Cc1ccc2[nH]cc(CCCCN3CC=C(c4ccccc4)CC3)c2c1. The van der Waals surface area contributed by atoms with E-state index >= 15 is 0 Å². The number of hydrogen-bond acceptors (Lipinski definition) is 2. The van der Waals surface area contributed by atoms with Crippen LogP contribution in [0.2, 0.25) is 0 Å². The van der Waals surface area contributed by atoms with E-state index in [0.29, 0.717) is 0 Å². The van der Waals surface area contributed by atoms with Gasteiger partial charge in [0.15, 0.2) is 0 Å². The maximum atomic E-state index is 9.10. The largest absolute Gasteiger partial charge is 0.361 e. The average molecular weight is 355 g/mol.